The Kier molecular flexibility index (Phi) is 4.72. The number of carbonyl (C=O) groups excluding carboxylic acids is 1. The van der Waals surface area contributed by atoms with Crippen LogP contribution in [0.1, 0.15) is 25.8 Å². The zero-order valence-electron chi connectivity index (χ0n) is 10.8. The van der Waals surface area contributed by atoms with E-state index in [2.05, 4.69) is 5.32 Å². The highest BCUT2D eigenvalue weighted by Gasteiger charge is 2.33. The predicted octanol–water partition coefficient (Wildman–Crippen LogP) is 2.14. The van der Waals surface area contributed by atoms with Crippen molar-refractivity contribution in [2.45, 2.75) is 32.4 Å². The molecule has 0 aliphatic carbocycles. The number of urea groups is 1. The van der Waals surface area contributed by atoms with Crippen LogP contribution in [0, 0.1) is 0 Å². The van der Waals surface area contributed by atoms with E-state index in [0.29, 0.717) is 13.0 Å². The summed E-state index contributed by atoms with van der Waals surface area (Å²) in [6, 6.07) is 1.55. The molecule has 1 atom stereocenters. The molecule has 2 amide bonds. The first-order valence-electron chi connectivity index (χ1n) is 5.67. The number of amides is 2. The molecule has 5 nitrogen and oxygen atoms in total. The third-order valence-electron chi connectivity index (χ3n) is 2.91. The van der Waals surface area contributed by atoms with Crippen molar-refractivity contribution in [2.24, 2.45) is 0 Å². The molecule has 0 aliphatic heterocycles. The van der Waals surface area contributed by atoms with Crippen LogP contribution in [0.5, 0.6) is 0 Å². The molecule has 18 heavy (non-hydrogen) atoms. The monoisotopic (exact) mass is 270 g/mol. The first-order chi connectivity index (χ1) is 8.39. The van der Waals surface area contributed by atoms with Gasteiger partial charge in [0.15, 0.2) is 0 Å². The van der Waals surface area contributed by atoms with Gasteiger partial charge in [0.05, 0.1) is 0 Å². The molecule has 0 saturated carbocycles. The van der Waals surface area contributed by atoms with Gasteiger partial charge < -0.3 is 15.3 Å². The summed E-state index contributed by atoms with van der Waals surface area (Å²) in [5.41, 5.74) is -0.189. The molecule has 0 saturated heterocycles. The second-order valence-corrected chi connectivity index (χ2v) is 5.19. The van der Waals surface area contributed by atoms with Crippen LogP contribution in [0.15, 0.2) is 16.8 Å². The van der Waals surface area contributed by atoms with Gasteiger partial charge in [-0.05, 0) is 35.7 Å². The fraction of sp³-hybridized carbons (Fsp3) is 0.500. The maximum Gasteiger partial charge on any atom is 0.329 e. The third-order valence-corrected chi connectivity index (χ3v) is 3.64. The molecular weight excluding hydrogens is 252 g/mol. The van der Waals surface area contributed by atoms with E-state index in [9.17, 15) is 9.59 Å². The Morgan fingerprint density at radius 3 is 2.67 bits per heavy atom. The summed E-state index contributed by atoms with van der Waals surface area (Å²) in [5.74, 6) is -1.03. The third kappa shape index (κ3) is 3.46. The molecule has 6 heteroatoms. The van der Waals surface area contributed by atoms with E-state index in [0.717, 1.165) is 5.56 Å². The molecule has 1 heterocycles. The predicted molar refractivity (Wildman–Crippen MR) is 70.6 cm³/mol. The number of hydrogen-bond donors (Lipinski definition) is 2. The van der Waals surface area contributed by atoms with Crippen molar-refractivity contribution in [2.75, 3.05) is 7.05 Å². The zero-order chi connectivity index (χ0) is 13.8. The van der Waals surface area contributed by atoms with Crippen LogP contribution in [0.2, 0.25) is 0 Å². The van der Waals surface area contributed by atoms with Crippen molar-refractivity contribution < 1.29 is 14.7 Å². The molecule has 0 spiro atoms. The van der Waals surface area contributed by atoms with Crippen molar-refractivity contribution in [1.29, 1.82) is 0 Å². The molecule has 0 fully saturated rings. The summed E-state index contributed by atoms with van der Waals surface area (Å²) >= 11 is 1.56. The average Bonchev–Trinajstić information content (AvgIpc) is 2.81. The van der Waals surface area contributed by atoms with Gasteiger partial charge >= 0.3 is 12.0 Å². The van der Waals surface area contributed by atoms with E-state index < -0.39 is 11.5 Å². The molecule has 1 rings (SSSR count). The number of carboxylic acid groups (broad SMARTS) is 1. The molecule has 1 aromatic heterocycles. The Hall–Kier alpha value is -1.56. The smallest absolute Gasteiger partial charge is 0.329 e. The first-order valence-corrected chi connectivity index (χ1v) is 6.61. The lowest BCUT2D eigenvalue weighted by atomic mass is 10.00. The van der Waals surface area contributed by atoms with Crippen LogP contribution in [-0.2, 0) is 11.3 Å². The van der Waals surface area contributed by atoms with Crippen LogP contribution in [0.3, 0.4) is 0 Å². The number of carboxylic acids is 1. The molecular formula is C12H18N2O3S. The minimum Gasteiger partial charge on any atom is -0.480 e. The molecule has 2 N–H and O–H groups in total. The topological polar surface area (TPSA) is 69.6 Å². The van der Waals surface area contributed by atoms with Crippen molar-refractivity contribution in [3.63, 3.8) is 0 Å². The maximum absolute atomic E-state index is 11.9. The minimum absolute atomic E-state index is 0.334. The van der Waals surface area contributed by atoms with E-state index >= 15 is 0 Å². The van der Waals surface area contributed by atoms with Crippen LogP contribution >= 0.6 is 11.3 Å². The first kappa shape index (κ1) is 14.5. The highest BCUT2D eigenvalue weighted by molar-refractivity contribution is 7.07. The average molecular weight is 270 g/mol. The van der Waals surface area contributed by atoms with Crippen LogP contribution < -0.4 is 5.32 Å². The molecule has 0 radical (unpaired) electrons. The van der Waals surface area contributed by atoms with Gasteiger partial charge in [0.2, 0.25) is 0 Å². The Balaban J connectivity index is 2.62. The number of carbonyl (C=O) groups is 2. The van der Waals surface area contributed by atoms with Gasteiger partial charge in [-0.25, -0.2) is 9.59 Å². The highest BCUT2D eigenvalue weighted by Crippen LogP contribution is 2.12. The van der Waals surface area contributed by atoms with Crippen LogP contribution in [-0.4, -0.2) is 34.6 Å². The zero-order valence-corrected chi connectivity index (χ0v) is 11.6. The Labute approximate surface area is 110 Å². The molecule has 0 aromatic carbocycles. The van der Waals surface area contributed by atoms with E-state index in [1.54, 1.807) is 25.3 Å². The summed E-state index contributed by atoms with van der Waals surface area (Å²) in [6.45, 7) is 3.70. The normalized spacial score (nSPS) is 13.7. The summed E-state index contributed by atoms with van der Waals surface area (Å²) in [6.07, 6.45) is 0.334. The van der Waals surface area contributed by atoms with E-state index in [1.807, 2.05) is 16.8 Å². The summed E-state index contributed by atoms with van der Waals surface area (Å²) in [5, 5.41) is 15.5. The fourth-order valence-electron chi connectivity index (χ4n) is 1.35. The van der Waals surface area contributed by atoms with Gasteiger partial charge in [-0.3, -0.25) is 0 Å². The molecule has 100 valence electrons. The van der Waals surface area contributed by atoms with E-state index in [1.165, 1.54) is 11.8 Å². The van der Waals surface area contributed by atoms with Gasteiger partial charge in [0, 0.05) is 13.6 Å². The summed E-state index contributed by atoms with van der Waals surface area (Å²) < 4.78 is 0. The molecule has 0 aliphatic rings. The van der Waals surface area contributed by atoms with Gasteiger partial charge in [0.25, 0.3) is 0 Å². The largest absolute Gasteiger partial charge is 0.480 e. The standard InChI is InChI=1S/C12H18N2O3S/c1-4-12(2,10(15)16)13-11(17)14(3)7-9-5-6-18-8-9/h5-6,8H,4,7H2,1-3H3,(H,13,17)(H,15,16). The fourth-order valence-corrected chi connectivity index (χ4v) is 2.01. The molecule has 1 aromatic rings. The van der Waals surface area contributed by atoms with Crippen molar-refractivity contribution in [3.8, 4) is 0 Å². The Morgan fingerprint density at radius 2 is 2.22 bits per heavy atom. The van der Waals surface area contributed by atoms with Crippen molar-refractivity contribution in [1.82, 2.24) is 10.2 Å². The number of hydrogen-bond acceptors (Lipinski definition) is 3. The SMILES string of the molecule is CCC(C)(NC(=O)N(C)Cc1ccsc1)C(=O)O. The quantitative estimate of drug-likeness (QED) is 0.861. The lowest BCUT2D eigenvalue weighted by molar-refractivity contribution is -0.143. The Morgan fingerprint density at radius 1 is 1.56 bits per heavy atom. The highest BCUT2D eigenvalue weighted by atomic mass is 32.1. The lowest BCUT2D eigenvalue weighted by Crippen LogP contribution is -2.54. The minimum atomic E-state index is -1.22. The van der Waals surface area contributed by atoms with Crippen LogP contribution in [0.4, 0.5) is 4.79 Å². The Bertz CT molecular complexity index is 419. The van der Waals surface area contributed by atoms with Gasteiger partial charge in [-0.15, -0.1) is 0 Å². The second-order valence-electron chi connectivity index (χ2n) is 4.41. The van der Waals surface area contributed by atoms with Crippen LogP contribution in [0.25, 0.3) is 0 Å². The number of rotatable bonds is 5. The molecule has 0 bridgehead atoms. The van der Waals surface area contributed by atoms with E-state index in [-0.39, 0.29) is 6.03 Å². The number of nitrogens with one attached hydrogen (secondary N) is 1. The van der Waals surface area contributed by atoms with Gasteiger partial charge in [-0.1, -0.05) is 6.92 Å². The molecule has 1 unspecified atom stereocenters. The summed E-state index contributed by atoms with van der Waals surface area (Å²) in [7, 11) is 1.64. The summed E-state index contributed by atoms with van der Waals surface area (Å²) in [4.78, 5) is 24.5. The van der Waals surface area contributed by atoms with E-state index in [4.69, 9.17) is 5.11 Å². The second kappa shape index (κ2) is 5.86. The number of nitrogens with zero attached hydrogens (tertiary/aromatic N) is 1. The van der Waals surface area contributed by atoms with Gasteiger partial charge in [-0.2, -0.15) is 11.3 Å². The van der Waals surface area contributed by atoms with Crippen molar-refractivity contribution >= 4 is 23.3 Å². The number of thiophene rings is 1. The van der Waals surface area contributed by atoms with Gasteiger partial charge in [0.1, 0.15) is 5.54 Å². The van der Waals surface area contributed by atoms with Crippen molar-refractivity contribution in [3.05, 3.63) is 22.4 Å². The lowest BCUT2D eigenvalue weighted by Gasteiger charge is -2.28. The maximum atomic E-state index is 11.9. The number of aliphatic carboxylic acids is 1.